The second-order valence-corrected chi connectivity index (χ2v) is 4.38. The second-order valence-electron chi connectivity index (χ2n) is 4.38. The van der Waals surface area contributed by atoms with Gasteiger partial charge in [-0.25, -0.2) is 4.98 Å². The topological polar surface area (TPSA) is 87.6 Å². The number of carbonyl (C=O) groups excluding carboxylic acids is 1. The summed E-state index contributed by atoms with van der Waals surface area (Å²) < 4.78 is 4.94. The third kappa shape index (κ3) is 8.78. The van der Waals surface area contributed by atoms with E-state index in [-0.39, 0.29) is 29.9 Å². The number of aliphatic imine (C=N–C) groups is 1. The SMILES string of the molecule is CN=C(NCCOC)NCCC(=O)Nc1cccc(C)n1.I. The fraction of sp³-hybridized carbons (Fsp3) is 0.500. The van der Waals surface area contributed by atoms with Crippen molar-refractivity contribution in [3.8, 4) is 0 Å². The lowest BCUT2D eigenvalue weighted by Gasteiger charge is -2.11. The van der Waals surface area contributed by atoms with Crippen molar-refractivity contribution in [2.24, 2.45) is 4.99 Å². The zero-order chi connectivity index (χ0) is 15.5. The first-order valence-electron chi connectivity index (χ1n) is 6.82. The summed E-state index contributed by atoms with van der Waals surface area (Å²) in [4.78, 5) is 20.0. The van der Waals surface area contributed by atoms with Gasteiger partial charge in [0.25, 0.3) is 0 Å². The summed E-state index contributed by atoms with van der Waals surface area (Å²) in [6, 6.07) is 5.51. The van der Waals surface area contributed by atoms with E-state index >= 15 is 0 Å². The number of pyridine rings is 1. The Kier molecular flexibility index (Phi) is 11.4. The van der Waals surface area contributed by atoms with Crippen LogP contribution >= 0.6 is 24.0 Å². The summed E-state index contributed by atoms with van der Waals surface area (Å²) in [6.07, 6.45) is 0.334. The number of ether oxygens (including phenoxy) is 1. The molecule has 0 aromatic carbocycles. The van der Waals surface area contributed by atoms with E-state index < -0.39 is 0 Å². The average molecular weight is 421 g/mol. The van der Waals surface area contributed by atoms with Crippen LogP contribution in [0.25, 0.3) is 0 Å². The highest BCUT2D eigenvalue weighted by Crippen LogP contribution is 2.03. The molecule has 0 saturated carbocycles. The third-order valence-corrected chi connectivity index (χ3v) is 2.62. The number of hydrogen-bond donors (Lipinski definition) is 3. The van der Waals surface area contributed by atoms with Crippen molar-refractivity contribution in [3.05, 3.63) is 23.9 Å². The van der Waals surface area contributed by atoms with E-state index in [0.29, 0.717) is 37.9 Å². The van der Waals surface area contributed by atoms with Crippen LogP contribution in [0.1, 0.15) is 12.1 Å². The van der Waals surface area contributed by atoms with Gasteiger partial charge < -0.3 is 20.7 Å². The number of aryl methyl sites for hydroxylation is 1. The molecule has 3 N–H and O–H groups in total. The number of nitrogens with zero attached hydrogens (tertiary/aromatic N) is 2. The minimum Gasteiger partial charge on any atom is -0.383 e. The predicted molar refractivity (Wildman–Crippen MR) is 98.9 cm³/mol. The van der Waals surface area contributed by atoms with E-state index in [1.807, 2.05) is 19.1 Å². The smallest absolute Gasteiger partial charge is 0.227 e. The molecule has 0 fully saturated rings. The van der Waals surface area contributed by atoms with Crippen LogP contribution in [0.3, 0.4) is 0 Å². The van der Waals surface area contributed by atoms with Gasteiger partial charge in [0.2, 0.25) is 5.91 Å². The number of aromatic nitrogens is 1. The van der Waals surface area contributed by atoms with E-state index in [4.69, 9.17) is 4.74 Å². The number of amides is 1. The summed E-state index contributed by atoms with van der Waals surface area (Å²) in [5, 5.41) is 8.89. The van der Waals surface area contributed by atoms with Crippen molar-refractivity contribution in [3.63, 3.8) is 0 Å². The van der Waals surface area contributed by atoms with Crippen molar-refractivity contribution in [1.29, 1.82) is 0 Å². The number of carbonyl (C=O) groups is 1. The monoisotopic (exact) mass is 421 g/mol. The maximum Gasteiger partial charge on any atom is 0.227 e. The molecule has 1 aromatic rings. The predicted octanol–water partition coefficient (Wildman–Crippen LogP) is 1.15. The van der Waals surface area contributed by atoms with Gasteiger partial charge in [0.15, 0.2) is 5.96 Å². The van der Waals surface area contributed by atoms with Crippen LogP contribution in [-0.4, -0.2) is 50.7 Å². The molecule has 0 saturated heterocycles. The molecular formula is C14H24IN5O2. The van der Waals surface area contributed by atoms with E-state index in [9.17, 15) is 4.79 Å². The molecule has 1 rings (SSSR count). The molecular weight excluding hydrogens is 397 g/mol. The Morgan fingerprint density at radius 3 is 2.68 bits per heavy atom. The molecule has 0 atom stereocenters. The number of halogens is 1. The molecule has 0 aliphatic heterocycles. The molecule has 7 nitrogen and oxygen atoms in total. The fourth-order valence-electron chi connectivity index (χ4n) is 1.60. The molecule has 1 amide bonds. The molecule has 0 spiro atoms. The highest BCUT2D eigenvalue weighted by Gasteiger charge is 2.04. The number of anilines is 1. The fourth-order valence-corrected chi connectivity index (χ4v) is 1.60. The average Bonchev–Trinajstić information content (AvgIpc) is 2.45. The maximum absolute atomic E-state index is 11.8. The van der Waals surface area contributed by atoms with Crippen molar-refractivity contribution >= 4 is 41.7 Å². The summed E-state index contributed by atoms with van der Waals surface area (Å²) in [5.41, 5.74) is 0.869. The van der Waals surface area contributed by atoms with Gasteiger partial charge in [-0.15, -0.1) is 24.0 Å². The van der Waals surface area contributed by atoms with Crippen LogP contribution < -0.4 is 16.0 Å². The zero-order valence-electron chi connectivity index (χ0n) is 13.2. The highest BCUT2D eigenvalue weighted by molar-refractivity contribution is 14.0. The number of hydrogen-bond acceptors (Lipinski definition) is 4. The standard InChI is InChI=1S/C14H23N5O2.HI/c1-11-5-4-6-12(18-11)19-13(20)7-8-16-14(15-2)17-9-10-21-3;/h4-6H,7-10H2,1-3H3,(H2,15,16,17)(H,18,19,20);1H. The number of guanidine groups is 1. The molecule has 1 heterocycles. The molecule has 124 valence electrons. The van der Waals surface area contributed by atoms with Crippen LogP contribution in [-0.2, 0) is 9.53 Å². The molecule has 1 aromatic heterocycles. The summed E-state index contributed by atoms with van der Waals surface area (Å²) in [5.74, 6) is 1.13. The van der Waals surface area contributed by atoms with Crippen molar-refractivity contribution < 1.29 is 9.53 Å². The van der Waals surface area contributed by atoms with Gasteiger partial charge >= 0.3 is 0 Å². The minimum atomic E-state index is -0.0899. The Labute approximate surface area is 148 Å². The lowest BCUT2D eigenvalue weighted by molar-refractivity contribution is -0.116. The van der Waals surface area contributed by atoms with Crippen LogP contribution in [0, 0.1) is 6.92 Å². The van der Waals surface area contributed by atoms with Crippen LogP contribution in [0.5, 0.6) is 0 Å². The van der Waals surface area contributed by atoms with Crippen molar-refractivity contribution in [2.45, 2.75) is 13.3 Å². The van der Waals surface area contributed by atoms with E-state index in [1.165, 1.54) is 0 Å². The first-order chi connectivity index (χ1) is 10.2. The minimum absolute atomic E-state index is 0. The van der Waals surface area contributed by atoms with Gasteiger partial charge in [-0.2, -0.15) is 0 Å². The van der Waals surface area contributed by atoms with E-state index in [2.05, 4.69) is 25.9 Å². The molecule has 0 radical (unpaired) electrons. The van der Waals surface area contributed by atoms with Gasteiger partial charge in [0.1, 0.15) is 5.82 Å². The molecule has 0 bridgehead atoms. The molecule has 0 aliphatic carbocycles. The number of nitrogens with one attached hydrogen (secondary N) is 3. The maximum atomic E-state index is 11.8. The third-order valence-electron chi connectivity index (χ3n) is 2.62. The summed E-state index contributed by atoms with van der Waals surface area (Å²) in [7, 11) is 3.32. The van der Waals surface area contributed by atoms with Crippen molar-refractivity contribution in [1.82, 2.24) is 15.6 Å². The Morgan fingerprint density at radius 2 is 2.05 bits per heavy atom. The van der Waals surface area contributed by atoms with Gasteiger partial charge in [0, 0.05) is 39.4 Å². The van der Waals surface area contributed by atoms with Crippen LogP contribution in [0.15, 0.2) is 23.2 Å². The lowest BCUT2D eigenvalue weighted by atomic mass is 10.3. The Bertz CT molecular complexity index is 482. The summed E-state index contributed by atoms with van der Waals surface area (Å²) in [6.45, 7) is 3.63. The molecule has 8 heteroatoms. The van der Waals surface area contributed by atoms with Crippen LogP contribution in [0.2, 0.25) is 0 Å². The highest BCUT2D eigenvalue weighted by atomic mass is 127. The molecule has 0 aliphatic rings. The quantitative estimate of drug-likeness (QED) is 0.266. The molecule has 0 unspecified atom stereocenters. The van der Waals surface area contributed by atoms with Crippen LogP contribution in [0.4, 0.5) is 5.82 Å². The molecule has 22 heavy (non-hydrogen) atoms. The second kappa shape index (κ2) is 12.2. The number of methoxy groups -OCH3 is 1. The van der Waals surface area contributed by atoms with E-state index in [1.54, 1.807) is 20.2 Å². The first-order valence-corrected chi connectivity index (χ1v) is 6.82. The van der Waals surface area contributed by atoms with Gasteiger partial charge in [-0.05, 0) is 19.1 Å². The largest absolute Gasteiger partial charge is 0.383 e. The zero-order valence-corrected chi connectivity index (χ0v) is 15.5. The lowest BCUT2D eigenvalue weighted by Crippen LogP contribution is -2.40. The van der Waals surface area contributed by atoms with Gasteiger partial charge in [-0.1, -0.05) is 6.07 Å². The normalized spacial score (nSPS) is 10.6. The number of rotatable bonds is 7. The Hall–Kier alpha value is -1.42. The Balaban J connectivity index is 0.00000441. The van der Waals surface area contributed by atoms with E-state index in [0.717, 1.165) is 5.69 Å². The summed E-state index contributed by atoms with van der Waals surface area (Å²) >= 11 is 0. The van der Waals surface area contributed by atoms with Gasteiger partial charge in [0.05, 0.1) is 6.61 Å². The first kappa shape index (κ1) is 20.6. The Morgan fingerprint density at radius 1 is 1.32 bits per heavy atom. The van der Waals surface area contributed by atoms with Gasteiger partial charge in [-0.3, -0.25) is 9.79 Å². The van der Waals surface area contributed by atoms with Crippen molar-refractivity contribution in [2.75, 3.05) is 39.2 Å².